The van der Waals surface area contributed by atoms with Crippen molar-refractivity contribution in [2.75, 3.05) is 13.1 Å². The fourth-order valence-electron chi connectivity index (χ4n) is 3.29. The molecule has 128 valence electrons. The minimum absolute atomic E-state index is 0.0308. The molecule has 0 saturated carbocycles. The summed E-state index contributed by atoms with van der Waals surface area (Å²) in [7, 11) is 0. The molecule has 24 heavy (non-hydrogen) atoms. The monoisotopic (exact) mass is 326 g/mol. The average Bonchev–Trinajstić information content (AvgIpc) is 3.11. The zero-order valence-electron chi connectivity index (χ0n) is 14.5. The first-order valence-corrected chi connectivity index (χ1v) is 8.82. The van der Waals surface area contributed by atoms with Crippen LogP contribution >= 0.6 is 0 Å². The molecular formula is C20H26N2O2. The number of nitrogens with zero attached hydrogens (tertiary/aromatic N) is 1. The van der Waals surface area contributed by atoms with E-state index in [-0.39, 0.29) is 11.9 Å². The molecule has 1 fully saturated rings. The Morgan fingerprint density at radius 1 is 1.29 bits per heavy atom. The smallest absolute Gasteiger partial charge is 0.289 e. The van der Waals surface area contributed by atoms with Crippen molar-refractivity contribution < 1.29 is 9.21 Å². The minimum atomic E-state index is -0.0308. The fraction of sp³-hybridized carbons (Fsp3) is 0.450. The van der Waals surface area contributed by atoms with Gasteiger partial charge in [-0.2, -0.15) is 0 Å². The summed E-state index contributed by atoms with van der Waals surface area (Å²) in [5.41, 5.74) is 8.30. The Kier molecular flexibility index (Phi) is 5.05. The molecular weight excluding hydrogens is 300 g/mol. The van der Waals surface area contributed by atoms with E-state index in [0.717, 1.165) is 43.7 Å². The number of nitrogens with two attached hydrogens (primary N) is 1. The lowest BCUT2D eigenvalue weighted by atomic mass is 9.92. The van der Waals surface area contributed by atoms with Gasteiger partial charge in [0.25, 0.3) is 5.91 Å². The van der Waals surface area contributed by atoms with Gasteiger partial charge in [-0.15, -0.1) is 0 Å². The lowest BCUT2D eigenvalue weighted by molar-refractivity contribution is 0.0630. The molecule has 1 amide bonds. The molecule has 2 unspecified atom stereocenters. The number of hydrogen-bond acceptors (Lipinski definition) is 3. The predicted molar refractivity (Wildman–Crippen MR) is 95.8 cm³/mol. The first-order chi connectivity index (χ1) is 11.6. The molecule has 1 saturated heterocycles. The molecule has 1 aromatic heterocycles. The van der Waals surface area contributed by atoms with Crippen molar-refractivity contribution in [3.63, 3.8) is 0 Å². The molecule has 1 aromatic carbocycles. The third-order valence-corrected chi connectivity index (χ3v) is 4.95. The summed E-state index contributed by atoms with van der Waals surface area (Å²) in [6.45, 7) is 5.65. The summed E-state index contributed by atoms with van der Waals surface area (Å²) in [6.07, 6.45) is 3.11. The van der Waals surface area contributed by atoms with Gasteiger partial charge >= 0.3 is 0 Å². The van der Waals surface area contributed by atoms with Gasteiger partial charge in [0.05, 0.1) is 0 Å². The number of rotatable bonds is 4. The van der Waals surface area contributed by atoms with Crippen molar-refractivity contribution >= 4 is 5.91 Å². The van der Waals surface area contributed by atoms with Crippen molar-refractivity contribution in [2.45, 2.75) is 39.2 Å². The van der Waals surface area contributed by atoms with Crippen molar-refractivity contribution in [2.24, 2.45) is 11.7 Å². The highest BCUT2D eigenvalue weighted by molar-refractivity contribution is 5.92. The number of furan rings is 1. The van der Waals surface area contributed by atoms with E-state index in [4.69, 9.17) is 10.2 Å². The number of likely N-dealkylation sites (tertiary alicyclic amines) is 1. The van der Waals surface area contributed by atoms with Crippen LogP contribution in [0, 0.1) is 5.92 Å². The van der Waals surface area contributed by atoms with E-state index in [9.17, 15) is 4.79 Å². The molecule has 0 aliphatic carbocycles. The van der Waals surface area contributed by atoms with Crippen LogP contribution < -0.4 is 5.73 Å². The lowest BCUT2D eigenvalue weighted by Crippen LogP contribution is -2.44. The van der Waals surface area contributed by atoms with Crippen LogP contribution in [0.4, 0.5) is 0 Å². The third-order valence-electron chi connectivity index (χ3n) is 4.95. The third kappa shape index (κ3) is 3.54. The second kappa shape index (κ2) is 7.22. The van der Waals surface area contributed by atoms with Gasteiger partial charge in [0.2, 0.25) is 0 Å². The Bertz CT molecular complexity index is 688. The molecule has 3 rings (SSSR count). The van der Waals surface area contributed by atoms with Gasteiger partial charge in [-0.3, -0.25) is 4.79 Å². The van der Waals surface area contributed by atoms with Gasteiger partial charge in [0.15, 0.2) is 5.76 Å². The van der Waals surface area contributed by atoms with E-state index in [1.165, 1.54) is 5.56 Å². The van der Waals surface area contributed by atoms with E-state index in [2.05, 4.69) is 19.1 Å². The van der Waals surface area contributed by atoms with Crippen LogP contribution in [-0.4, -0.2) is 29.9 Å². The number of aryl methyl sites for hydroxylation is 1. The van der Waals surface area contributed by atoms with E-state index >= 15 is 0 Å². The topological polar surface area (TPSA) is 59.5 Å². The molecule has 4 nitrogen and oxygen atoms in total. The Labute approximate surface area is 143 Å². The number of carbonyl (C=O) groups is 1. The molecule has 2 N–H and O–H groups in total. The maximum Gasteiger partial charge on any atom is 0.289 e. The standard InChI is InChI=1S/C20H26N2O2/c1-3-15-6-8-16(9-7-15)18-10-11-19(24-18)20(23)22-12-4-5-17(13-22)14(2)21/h6-11,14,17H,3-5,12-13,21H2,1-2H3. The molecule has 2 atom stereocenters. The number of carbonyl (C=O) groups excluding carboxylic acids is 1. The van der Waals surface area contributed by atoms with Crippen LogP contribution in [0.5, 0.6) is 0 Å². The van der Waals surface area contributed by atoms with Crippen LogP contribution in [0.25, 0.3) is 11.3 Å². The highest BCUT2D eigenvalue weighted by Gasteiger charge is 2.28. The Hall–Kier alpha value is -2.07. The highest BCUT2D eigenvalue weighted by Crippen LogP contribution is 2.25. The number of hydrogen-bond donors (Lipinski definition) is 1. The Balaban J connectivity index is 1.73. The Morgan fingerprint density at radius 3 is 2.71 bits per heavy atom. The SMILES string of the molecule is CCc1ccc(-c2ccc(C(=O)N3CCCC(C(C)N)C3)o2)cc1. The summed E-state index contributed by atoms with van der Waals surface area (Å²) in [5, 5.41) is 0. The van der Waals surface area contributed by atoms with Crippen LogP contribution in [0.3, 0.4) is 0 Å². The maximum absolute atomic E-state index is 12.7. The molecule has 2 aromatic rings. The molecule has 0 radical (unpaired) electrons. The Morgan fingerprint density at radius 2 is 2.04 bits per heavy atom. The van der Waals surface area contributed by atoms with Crippen LogP contribution in [0.2, 0.25) is 0 Å². The second-order valence-corrected chi connectivity index (χ2v) is 6.73. The van der Waals surface area contributed by atoms with E-state index in [1.54, 1.807) is 6.07 Å². The number of amides is 1. The highest BCUT2D eigenvalue weighted by atomic mass is 16.4. The van der Waals surface area contributed by atoms with Crippen LogP contribution in [0.15, 0.2) is 40.8 Å². The van der Waals surface area contributed by atoms with E-state index < -0.39 is 0 Å². The van der Waals surface area contributed by atoms with Gasteiger partial charge in [-0.25, -0.2) is 0 Å². The largest absolute Gasteiger partial charge is 0.451 e. The van der Waals surface area contributed by atoms with Gasteiger partial charge in [-0.05, 0) is 49.8 Å². The lowest BCUT2D eigenvalue weighted by Gasteiger charge is -2.34. The van der Waals surface area contributed by atoms with Crippen LogP contribution in [0.1, 0.15) is 42.8 Å². The average molecular weight is 326 g/mol. The van der Waals surface area contributed by atoms with Crippen LogP contribution in [-0.2, 0) is 6.42 Å². The van der Waals surface area contributed by atoms with Crippen molar-refractivity contribution in [3.8, 4) is 11.3 Å². The molecule has 1 aliphatic heterocycles. The molecule has 4 heteroatoms. The number of benzene rings is 1. The first-order valence-electron chi connectivity index (χ1n) is 8.82. The summed E-state index contributed by atoms with van der Waals surface area (Å²) in [6, 6.07) is 12.0. The summed E-state index contributed by atoms with van der Waals surface area (Å²) < 4.78 is 5.83. The summed E-state index contributed by atoms with van der Waals surface area (Å²) in [5.74, 6) is 1.49. The molecule has 2 heterocycles. The summed E-state index contributed by atoms with van der Waals surface area (Å²) >= 11 is 0. The van der Waals surface area contributed by atoms with Crippen molar-refractivity contribution in [1.29, 1.82) is 0 Å². The molecule has 1 aliphatic rings. The fourth-order valence-corrected chi connectivity index (χ4v) is 3.29. The van der Waals surface area contributed by atoms with Crippen molar-refractivity contribution in [3.05, 3.63) is 47.7 Å². The predicted octanol–water partition coefficient (Wildman–Crippen LogP) is 3.71. The number of piperidine rings is 1. The molecule has 0 bridgehead atoms. The summed E-state index contributed by atoms with van der Waals surface area (Å²) in [4.78, 5) is 14.6. The van der Waals surface area contributed by atoms with Gasteiger partial charge < -0.3 is 15.1 Å². The zero-order valence-corrected chi connectivity index (χ0v) is 14.5. The maximum atomic E-state index is 12.7. The van der Waals surface area contributed by atoms with E-state index in [1.807, 2.05) is 30.0 Å². The zero-order chi connectivity index (χ0) is 17.1. The van der Waals surface area contributed by atoms with Gasteiger partial charge in [0.1, 0.15) is 5.76 Å². The minimum Gasteiger partial charge on any atom is -0.451 e. The first kappa shape index (κ1) is 16.8. The quantitative estimate of drug-likeness (QED) is 0.932. The normalized spacial score (nSPS) is 19.3. The van der Waals surface area contributed by atoms with Gasteiger partial charge in [0, 0.05) is 24.7 Å². The molecule has 0 spiro atoms. The van der Waals surface area contributed by atoms with E-state index in [0.29, 0.717) is 11.7 Å². The second-order valence-electron chi connectivity index (χ2n) is 6.73. The van der Waals surface area contributed by atoms with Crippen molar-refractivity contribution in [1.82, 2.24) is 4.90 Å². The van der Waals surface area contributed by atoms with Gasteiger partial charge in [-0.1, -0.05) is 31.2 Å².